The normalized spacial score (nSPS) is 30.2. The predicted molar refractivity (Wildman–Crippen MR) is 107 cm³/mol. The fourth-order valence-electron chi connectivity index (χ4n) is 4.85. The van der Waals surface area contributed by atoms with Gasteiger partial charge in [0.05, 0.1) is 12.3 Å². The lowest BCUT2D eigenvalue weighted by Crippen LogP contribution is -2.45. The molecule has 2 aliphatic carbocycles. The van der Waals surface area contributed by atoms with Crippen LogP contribution in [-0.2, 0) is 4.79 Å². The van der Waals surface area contributed by atoms with Crippen molar-refractivity contribution in [2.24, 2.45) is 22.2 Å². The van der Waals surface area contributed by atoms with Crippen molar-refractivity contribution >= 4 is 11.6 Å². The molecule has 0 bridgehead atoms. The van der Waals surface area contributed by atoms with E-state index in [1.54, 1.807) is 0 Å². The Bertz CT molecular complexity index is 977. The summed E-state index contributed by atoms with van der Waals surface area (Å²) in [5.41, 5.74) is 3.94. The van der Waals surface area contributed by atoms with Gasteiger partial charge in [0.2, 0.25) is 5.70 Å². The lowest BCUT2D eigenvalue weighted by Gasteiger charge is -2.48. The molecule has 0 unspecified atom stereocenters. The monoisotopic (exact) mass is 357 g/mol. The van der Waals surface area contributed by atoms with Crippen molar-refractivity contribution in [2.75, 3.05) is 7.05 Å². The molecule has 3 atom stereocenters. The molecule has 0 radical (unpaired) electrons. The van der Waals surface area contributed by atoms with Gasteiger partial charge in [-0.1, -0.05) is 56.8 Å². The molecule has 0 aromatic heterocycles. The van der Waals surface area contributed by atoms with E-state index in [0.29, 0.717) is 0 Å². The van der Waals surface area contributed by atoms with Gasteiger partial charge in [-0.2, -0.15) is 0 Å². The van der Waals surface area contributed by atoms with E-state index >= 15 is 0 Å². The van der Waals surface area contributed by atoms with E-state index in [0.717, 1.165) is 41.2 Å². The number of hydrogen-bond donors (Lipinski definition) is 0. The van der Waals surface area contributed by atoms with E-state index in [1.165, 1.54) is 0 Å². The van der Waals surface area contributed by atoms with Crippen LogP contribution in [0.25, 0.3) is 4.85 Å². The zero-order chi connectivity index (χ0) is 19.3. The number of amidine groups is 1. The summed E-state index contributed by atoms with van der Waals surface area (Å²) >= 11 is 0. The Balaban J connectivity index is 1.93. The summed E-state index contributed by atoms with van der Waals surface area (Å²) in [6.45, 7) is 15.9. The Morgan fingerprint density at radius 1 is 1.33 bits per heavy atom. The van der Waals surface area contributed by atoms with Crippen LogP contribution in [0.1, 0.15) is 32.3 Å². The van der Waals surface area contributed by atoms with Crippen LogP contribution in [0.3, 0.4) is 0 Å². The average Bonchev–Trinajstić information content (AvgIpc) is 2.68. The first-order chi connectivity index (χ1) is 12.9. The summed E-state index contributed by atoms with van der Waals surface area (Å²) in [5.74, 6) is 0.826. The molecule has 1 aliphatic heterocycles. The van der Waals surface area contributed by atoms with E-state index in [-0.39, 0.29) is 23.3 Å². The van der Waals surface area contributed by atoms with Crippen molar-refractivity contribution in [3.63, 3.8) is 0 Å². The number of carbonyl (C=O) groups excluding carboxylic acids is 1. The van der Waals surface area contributed by atoms with Gasteiger partial charge in [0.1, 0.15) is 5.84 Å². The van der Waals surface area contributed by atoms with Gasteiger partial charge in [-0.3, -0.25) is 0 Å². The van der Waals surface area contributed by atoms with Crippen molar-refractivity contribution in [3.05, 3.63) is 82.6 Å². The maximum Gasteiger partial charge on any atom is 0.226 e. The molecular weight excluding hydrogens is 334 g/mol. The van der Waals surface area contributed by atoms with Crippen molar-refractivity contribution in [3.8, 4) is 0 Å². The average molecular weight is 357 g/mol. The van der Waals surface area contributed by atoms with Crippen LogP contribution in [0, 0.1) is 23.8 Å². The number of fused-ring (bicyclic) bond motifs is 2. The zero-order valence-corrected chi connectivity index (χ0v) is 16.0. The number of allylic oxidation sites excluding steroid dienone is 3. The number of carbonyl (C=O) groups is 1. The van der Waals surface area contributed by atoms with E-state index in [1.807, 2.05) is 50.4 Å². The lowest BCUT2D eigenvalue weighted by molar-refractivity contribution is -0.122. The Labute approximate surface area is 160 Å². The highest BCUT2D eigenvalue weighted by Crippen LogP contribution is 2.55. The molecular formula is C23H23N3O. The highest BCUT2D eigenvalue weighted by molar-refractivity contribution is 6.02. The van der Waals surface area contributed by atoms with Crippen LogP contribution in [-0.4, -0.2) is 23.6 Å². The number of hydrogen-bond acceptors (Lipinski definition) is 3. The third-order valence-corrected chi connectivity index (χ3v) is 6.42. The number of ketones is 1. The third kappa shape index (κ3) is 2.42. The molecule has 1 aromatic rings. The Morgan fingerprint density at radius 3 is 2.70 bits per heavy atom. The molecule has 4 nitrogen and oxygen atoms in total. The van der Waals surface area contributed by atoms with Gasteiger partial charge in [0.25, 0.3) is 0 Å². The first kappa shape index (κ1) is 17.5. The van der Waals surface area contributed by atoms with Crippen LogP contribution in [0.15, 0.2) is 70.6 Å². The molecule has 3 aliphatic rings. The second-order valence-corrected chi connectivity index (χ2v) is 7.86. The van der Waals surface area contributed by atoms with Crippen LogP contribution >= 0.6 is 0 Å². The molecule has 0 saturated carbocycles. The number of rotatable bonds is 1. The van der Waals surface area contributed by atoms with E-state index in [9.17, 15) is 4.79 Å². The Kier molecular flexibility index (Phi) is 3.92. The van der Waals surface area contributed by atoms with Crippen molar-refractivity contribution in [2.45, 2.75) is 26.7 Å². The van der Waals surface area contributed by atoms with E-state index in [2.05, 4.69) is 23.2 Å². The quantitative estimate of drug-likeness (QED) is 0.690. The van der Waals surface area contributed by atoms with E-state index < -0.39 is 5.41 Å². The maximum absolute atomic E-state index is 12.6. The minimum atomic E-state index is -0.426. The van der Waals surface area contributed by atoms with Crippen LogP contribution in [0.5, 0.6) is 0 Å². The molecule has 136 valence electrons. The van der Waals surface area contributed by atoms with Crippen molar-refractivity contribution in [1.82, 2.24) is 4.90 Å². The summed E-state index contributed by atoms with van der Waals surface area (Å²) in [4.78, 5) is 23.2. The molecule has 27 heavy (non-hydrogen) atoms. The first-order valence-electron chi connectivity index (χ1n) is 9.33. The highest BCUT2D eigenvalue weighted by atomic mass is 16.1. The Morgan fingerprint density at radius 2 is 2.04 bits per heavy atom. The second-order valence-electron chi connectivity index (χ2n) is 7.86. The molecule has 0 N–H and O–H groups in total. The minimum Gasteiger partial charge on any atom is -0.329 e. The van der Waals surface area contributed by atoms with Gasteiger partial charge < -0.3 is 9.69 Å². The molecule has 0 spiro atoms. The predicted octanol–water partition coefficient (Wildman–Crippen LogP) is 4.58. The number of likely N-dealkylation sites (N-methyl/N-ethyl adjacent to an activating group) is 1. The van der Waals surface area contributed by atoms with E-state index in [4.69, 9.17) is 11.6 Å². The fourth-order valence-corrected chi connectivity index (χ4v) is 4.85. The summed E-state index contributed by atoms with van der Waals surface area (Å²) in [7, 11) is 2.00. The highest BCUT2D eigenvalue weighted by Gasteiger charge is 2.50. The zero-order valence-electron chi connectivity index (χ0n) is 16.0. The summed E-state index contributed by atoms with van der Waals surface area (Å²) in [6, 6.07) is 10.1. The van der Waals surface area contributed by atoms with Gasteiger partial charge in [0.15, 0.2) is 5.78 Å². The van der Waals surface area contributed by atoms with Gasteiger partial charge in [-0.05, 0) is 24.3 Å². The van der Waals surface area contributed by atoms with Gasteiger partial charge in [0, 0.05) is 29.6 Å². The summed E-state index contributed by atoms with van der Waals surface area (Å²) in [6.07, 6.45) is 3.64. The SMILES string of the molecule is [C-]#[N+]C1=C[C@]2(C)C3=C(CC[C@H]2[C@H](C)C1=O)C(=C)N(C)C(c1ccccc1)=N3. The summed E-state index contributed by atoms with van der Waals surface area (Å²) in [5, 5.41) is 0. The van der Waals surface area contributed by atoms with Gasteiger partial charge in [-0.15, -0.1) is 0 Å². The molecule has 0 amide bonds. The third-order valence-electron chi connectivity index (χ3n) is 6.42. The molecule has 0 saturated heterocycles. The number of benzene rings is 1. The number of Topliss-reactive ketones (excluding diaryl/α,β-unsaturated/α-hetero) is 1. The number of aliphatic imine (C=N–C) groups is 1. The van der Waals surface area contributed by atoms with Crippen LogP contribution in [0.4, 0.5) is 0 Å². The topological polar surface area (TPSA) is 37.0 Å². The maximum atomic E-state index is 12.6. The standard InChI is InChI=1S/C23H23N3O/c1-14-18-12-11-17-15(2)26(5)22(16-9-7-6-8-10-16)25-21(17)23(18,3)13-19(24-4)20(14)27/h6-10,13-14,18H,2,11-12H2,1,3,5H3/t14-,18-,23-/m0/s1. The van der Waals surface area contributed by atoms with Gasteiger partial charge in [-0.25, -0.2) is 9.84 Å². The summed E-state index contributed by atoms with van der Waals surface area (Å²) < 4.78 is 0. The fraction of sp³-hybridized carbons (Fsp3) is 0.348. The smallest absolute Gasteiger partial charge is 0.226 e. The largest absolute Gasteiger partial charge is 0.329 e. The molecule has 1 heterocycles. The molecule has 1 aromatic carbocycles. The van der Waals surface area contributed by atoms with Gasteiger partial charge >= 0.3 is 0 Å². The van der Waals surface area contributed by atoms with Crippen LogP contribution in [0.2, 0.25) is 0 Å². The van der Waals surface area contributed by atoms with Crippen LogP contribution < -0.4 is 0 Å². The Hall–Kier alpha value is -2.93. The lowest BCUT2D eigenvalue weighted by atomic mass is 9.58. The molecule has 0 fully saturated rings. The first-order valence-corrected chi connectivity index (χ1v) is 9.33. The molecule has 4 rings (SSSR count). The van der Waals surface area contributed by atoms with Crippen molar-refractivity contribution < 1.29 is 4.79 Å². The van der Waals surface area contributed by atoms with Crippen molar-refractivity contribution in [1.29, 1.82) is 0 Å². The minimum absolute atomic E-state index is 0.0319. The second kappa shape index (κ2) is 6.06. The molecule has 4 heteroatoms. The number of nitrogens with zero attached hydrogens (tertiary/aromatic N) is 3.